The van der Waals surface area contributed by atoms with Crippen LogP contribution in [0.15, 0.2) is 29.2 Å². The van der Waals surface area contributed by atoms with E-state index >= 15 is 0 Å². The molecule has 1 aromatic rings. The lowest BCUT2D eigenvalue weighted by atomic mass is 10.3. The number of halogens is 2. The Labute approximate surface area is 116 Å². The summed E-state index contributed by atoms with van der Waals surface area (Å²) in [6.07, 6.45) is 5.20. The molecule has 2 rings (SSSR count). The van der Waals surface area contributed by atoms with Crippen molar-refractivity contribution in [3.8, 4) is 0 Å². The number of nitrogens with two attached hydrogens (primary N) is 1. The number of hydrogen-bond donors (Lipinski definition) is 2. The molecule has 0 heterocycles. The molecule has 1 aliphatic rings. The first kappa shape index (κ1) is 13.7. The fourth-order valence-corrected chi connectivity index (χ4v) is 4.32. The first-order valence-electron chi connectivity index (χ1n) is 5.32. The predicted molar refractivity (Wildman–Crippen MR) is 73.4 cm³/mol. The van der Waals surface area contributed by atoms with E-state index in [1.54, 1.807) is 0 Å². The summed E-state index contributed by atoms with van der Waals surface area (Å²) in [6.45, 7) is 0. The smallest absolute Gasteiger partial charge is 0.243 e. The highest BCUT2D eigenvalue weighted by atomic mass is 35.5. The summed E-state index contributed by atoms with van der Waals surface area (Å²) in [5.74, 6) is 0. The molecule has 0 aliphatic heterocycles. The van der Waals surface area contributed by atoms with Crippen LogP contribution in [-0.2, 0) is 10.0 Å². The minimum absolute atomic E-state index is 0.0263. The monoisotopic (exact) mass is 306 g/mol. The quantitative estimate of drug-likeness (QED) is 0.666. The van der Waals surface area contributed by atoms with Gasteiger partial charge in [0.1, 0.15) is 4.90 Å². The molecule has 4 nitrogen and oxygen atoms in total. The molecule has 1 aromatic carbocycles. The molecule has 0 amide bonds. The van der Waals surface area contributed by atoms with Crippen LogP contribution in [0.2, 0.25) is 10.0 Å². The van der Waals surface area contributed by atoms with Crippen molar-refractivity contribution in [2.75, 3.05) is 5.73 Å². The van der Waals surface area contributed by atoms with E-state index in [1.165, 1.54) is 12.1 Å². The van der Waals surface area contributed by atoms with Gasteiger partial charge >= 0.3 is 0 Å². The Balaban J connectivity index is 2.35. The van der Waals surface area contributed by atoms with Crippen molar-refractivity contribution in [1.82, 2.24) is 4.72 Å². The van der Waals surface area contributed by atoms with Gasteiger partial charge in [0.2, 0.25) is 10.0 Å². The minimum Gasteiger partial charge on any atom is -0.399 e. The lowest BCUT2D eigenvalue weighted by Gasteiger charge is -2.15. The minimum atomic E-state index is -3.73. The Morgan fingerprint density at radius 3 is 2.17 bits per heavy atom. The van der Waals surface area contributed by atoms with Gasteiger partial charge in [0, 0.05) is 11.7 Å². The molecule has 0 bridgehead atoms. The van der Waals surface area contributed by atoms with Crippen molar-refractivity contribution in [3.05, 3.63) is 34.3 Å². The third-order valence-corrected chi connectivity index (χ3v) is 5.06. The van der Waals surface area contributed by atoms with E-state index in [0.717, 1.165) is 0 Å². The highest BCUT2D eigenvalue weighted by Crippen LogP contribution is 2.32. The number of nitrogen functional groups attached to an aromatic ring is 1. The van der Waals surface area contributed by atoms with E-state index in [4.69, 9.17) is 28.9 Å². The molecule has 0 aromatic heterocycles. The second-order valence-corrected chi connectivity index (χ2v) is 6.54. The maximum atomic E-state index is 12.2. The highest BCUT2D eigenvalue weighted by Gasteiger charge is 2.25. The molecule has 0 saturated carbocycles. The third kappa shape index (κ3) is 2.80. The first-order valence-corrected chi connectivity index (χ1v) is 7.56. The van der Waals surface area contributed by atoms with E-state index in [2.05, 4.69) is 4.72 Å². The van der Waals surface area contributed by atoms with Gasteiger partial charge in [-0.25, -0.2) is 13.1 Å². The number of rotatable bonds is 3. The lowest BCUT2D eigenvalue weighted by molar-refractivity contribution is 0.557. The average Bonchev–Trinajstić information content (AvgIpc) is 2.66. The van der Waals surface area contributed by atoms with Gasteiger partial charge < -0.3 is 5.73 Å². The molecular weight excluding hydrogens is 295 g/mol. The second kappa shape index (κ2) is 5.09. The van der Waals surface area contributed by atoms with Crippen molar-refractivity contribution in [1.29, 1.82) is 0 Å². The van der Waals surface area contributed by atoms with Gasteiger partial charge in [-0.3, -0.25) is 0 Å². The molecule has 3 N–H and O–H groups in total. The standard InChI is InChI=1S/C11H12Cl2N2O2S/c12-9-5-7(14)6-10(13)11(9)18(16,17)15-8-3-1-2-4-8/h1-2,5-6,8,15H,3-4,14H2. The zero-order chi connectivity index (χ0) is 13.3. The molecule has 1 aliphatic carbocycles. The predicted octanol–water partition coefficient (Wildman–Crippen LogP) is 2.57. The van der Waals surface area contributed by atoms with Gasteiger partial charge in [0.05, 0.1) is 10.0 Å². The molecule has 98 valence electrons. The van der Waals surface area contributed by atoms with Gasteiger partial charge in [-0.2, -0.15) is 0 Å². The summed E-state index contributed by atoms with van der Waals surface area (Å²) in [5.41, 5.74) is 5.87. The van der Waals surface area contributed by atoms with Gasteiger partial charge in [0.25, 0.3) is 0 Å². The summed E-state index contributed by atoms with van der Waals surface area (Å²) < 4.78 is 27.0. The zero-order valence-corrected chi connectivity index (χ0v) is 11.7. The molecule has 0 radical (unpaired) electrons. The highest BCUT2D eigenvalue weighted by molar-refractivity contribution is 7.89. The molecular formula is C11H12Cl2N2O2S. The topological polar surface area (TPSA) is 72.2 Å². The van der Waals surface area contributed by atoms with Crippen LogP contribution in [0.4, 0.5) is 5.69 Å². The Morgan fingerprint density at radius 1 is 1.17 bits per heavy atom. The van der Waals surface area contributed by atoms with E-state index in [0.29, 0.717) is 18.5 Å². The lowest BCUT2D eigenvalue weighted by Crippen LogP contribution is -2.33. The van der Waals surface area contributed by atoms with Crippen LogP contribution in [0.1, 0.15) is 12.8 Å². The van der Waals surface area contributed by atoms with Gasteiger partial charge in [-0.15, -0.1) is 0 Å². The second-order valence-electron chi connectivity index (χ2n) is 4.07. The van der Waals surface area contributed by atoms with Crippen LogP contribution in [0.25, 0.3) is 0 Å². The van der Waals surface area contributed by atoms with Gasteiger partial charge in [-0.05, 0) is 25.0 Å². The van der Waals surface area contributed by atoms with Crippen LogP contribution in [0.3, 0.4) is 0 Å². The van der Waals surface area contributed by atoms with Crippen molar-refractivity contribution in [3.63, 3.8) is 0 Å². The van der Waals surface area contributed by atoms with Crippen molar-refractivity contribution in [2.24, 2.45) is 0 Å². The van der Waals surface area contributed by atoms with Crippen LogP contribution < -0.4 is 10.5 Å². The van der Waals surface area contributed by atoms with Crippen LogP contribution in [0, 0.1) is 0 Å². The van der Waals surface area contributed by atoms with Crippen LogP contribution >= 0.6 is 23.2 Å². The molecule has 18 heavy (non-hydrogen) atoms. The maximum absolute atomic E-state index is 12.2. The van der Waals surface area contributed by atoms with Crippen LogP contribution in [0.5, 0.6) is 0 Å². The van der Waals surface area contributed by atoms with Gasteiger partial charge in [-0.1, -0.05) is 35.4 Å². The normalized spacial score (nSPS) is 16.3. The number of benzene rings is 1. The summed E-state index contributed by atoms with van der Waals surface area (Å²) in [6, 6.07) is 2.60. The molecule has 0 fully saturated rings. The maximum Gasteiger partial charge on any atom is 0.243 e. The molecule has 7 heteroatoms. The summed E-state index contributed by atoms with van der Waals surface area (Å²) in [5, 5.41) is 0.0527. The molecule has 0 atom stereocenters. The fourth-order valence-electron chi connectivity index (χ4n) is 1.83. The molecule has 0 saturated heterocycles. The molecule has 0 spiro atoms. The Hall–Kier alpha value is -0.750. The largest absolute Gasteiger partial charge is 0.399 e. The summed E-state index contributed by atoms with van der Waals surface area (Å²) >= 11 is 11.8. The SMILES string of the molecule is Nc1cc(Cl)c(S(=O)(=O)NC2CC=CC2)c(Cl)c1. The zero-order valence-electron chi connectivity index (χ0n) is 9.36. The van der Waals surface area contributed by atoms with E-state index in [9.17, 15) is 8.42 Å². The van der Waals surface area contributed by atoms with Crippen molar-refractivity contribution < 1.29 is 8.42 Å². The average molecular weight is 307 g/mol. The number of anilines is 1. The first-order chi connectivity index (χ1) is 8.40. The Kier molecular flexibility index (Phi) is 3.87. The summed E-state index contributed by atoms with van der Waals surface area (Å²) in [4.78, 5) is -0.119. The molecule has 0 unspecified atom stereocenters. The number of hydrogen-bond acceptors (Lipinski definition) is 3. The van der Waals surface area contributed by atoms with Crippen LogP contribution in [-0.4, -0.2) is 14.5 Å². The number of sulfonamides is 1. The summed E-state index contributed by atoms with van der Waals surface area (Å²) in [7, 11) is -3.73. The van der Waals surface area contributed by atoms with E-state index in [-0.39, 0.29) is 21.0 Å². The Morgan fingerprint density at radius 2 is 1.67 bits per heavy atom. The fraction of sp³-hybridized carbons (Fsp3) is 0.273. The van der Waals surface area contributed by atoms with Gasteiger partial charge in [0.15, 0.2) is 0 Å². The van der Waals surface area contributed by atoms with Crippen molar-refractivity contribution >= 4 is 38.9 Å². The number of nitrogens with one attached hydrogen (secondary N) is 1. The Bertz CT molecular complexity index is 568. The van der Waals surface area contributed by atoms with Crippen molar-refractivity contribution in [2.45, 2.75) is 23.8 Å². The van der Waals surface area contributed by atoms with E-state index < -0.39 is 10.0 Å². The third-order valence-electron chi connectivity index (χ3n) is 2.62. The van der Waals surface area contributed by atoms with E-state index in [1.807, 2.05) is 12.2 Å².